The highest BCUT2D eigenvalue weighted by molar-refractivity contribution is 9.10. The maximum atomic E-state index is 13.1. The number of halogens is 2. The first kappa shape index (κ1) is 12.0. The summed E-state index contributed by atoms with van der Waals surface area (Å²) < 4.78 is 13.6. The largest absolute Gasteiger partial charge is 0.329 e. The van der Waals surface area contributed by atoms with Crippen molar-refractivity contribution in [1.29, 1.82) is 0 Å². The van der Waals surface area contributed by atoms with E-state index >= 15 is 0 Å². The van der Waals surface area contributed by atoms with Crippen molar-refractivity contribution < 1.29 is 4.39 Å². The fraction of sp³-hybridized carbons (Fsp3) is 0.500. The van der Waals surface area contributed by atoms with Gasteiger partial charge in [0, 0.05) is 12.6 Å². The van der Waals surface area contributed by atoms with Crippen LogP contribution >= 0.6 is 15.9 Å². The average molecular weight is 287 g/mol. The summed E-state index contributed by atoms with van der Waals surface area (Å²) in [6.45, 7) is 1.54. The van der Waals surface area contributed by atoms with Crippen molar-refractivity contribution in [2.24, 2.45) is 11.7 Å². The zero-order valence-corrected chi connectivity index (χ0v) is 10.6. The second-order valence-corrected chi connectivity index (χ2v) is 5.17. The Hall–Kier alpha value is -0.450. The monoisotopic (exact) mass is 286 g/mol. The zero-order valence-electron chi connectivity index (χ0n) is 9.05. The lowest BCUT2D eigenvalue weighted by molar-refractivity contribution is 0.520. The standard InChI is InChI=1S/C12H16BrFN2/c13-10-5-9(3-4-11(10)14)12(6-15)16-7-8-1-2-8/h3-5,8,12,16H,1-2,6-7,15H2. The minimum Gasteiger partial charge on any atom is -0.329 e. The van der Waals surface area contributed by atoms with E-state index in [4.69, 9.17) is 5.73 Å². The molecule has 1 aliphatic carbocycles. The predicted octanol–water partition coefficient (Wildman–Crippen LogP) is 2.59. The third-order valence-electron chi connectivity index (χ3n) is 2.93. The Labute approximate surface area is 104 Å². The topological polar surface area (TPSA) is 38.0 Å². The molecule has 1 aliphatic rings. The molecule has 1 aromatic carbocycles. The molecule has 1 aromatic rings. The van der Waals surface area contributed by atoms with E-state index in [1.807, 2.05) is 0 Å². The van der Waals surface area contributed by atoms with Crippen LogP contribution < -0.4 is 11.1 Å². The van der Waals surface area contributed by atoms with Crippen molar-refractivity contribution >= 4 is 15.9 Å². The van der Waals surface area contributed by atoms with Crippen LogP contribution in [0.25, 0.3) is 0 Å². The predicted molar refractivity (Wildman–Crippen MR) is 66.6 cm³/mol. The molecule has 1 atom stereocenters. The van der Waals surface area contributed by atoms with Gasteiger partial charge in [-0.1, -0.05) is 6.07 Å². The summed E-state index contributed by atoms with van der Waals surface area (Å²) in [5.41, 5.74) is 6.77. The Morgan fingerprint density at radius 1 is 1.50 bits per heavy atom. The minimum absolute atomic E-state index is 0.123. The molecule has 1 saturated carbocycles. The molecule has 1 unspecified atom stereocenters. The molecule has 4 heteroatoms. The number of nitrogens with two attached hydrogens (primary N) is 1. The Balaban J connectivity index is 2.02. The van der Waals surface area contributed by atoms with Crippen LogP contribution in [0.4, 0.5) is 4.39 Å². The molecule has 16 heavy (non-hydrogen) atoms. The van der Waals surface area contributed by atoms with E-state index in [1.165, 1.54) is 18.9 Å². The number of nitrogens with one attached hydrogen (secondary N) is 1. The van der Waals surface area contributed by atoms with E-state index in [0.717, 1.165) is 18.0 Å². The second kappa shape index (κ2) is 5.25. The molecule has 0 radical (unpaired) electrons. The molecule has 88 valence electrons. The highest BCUT2D eigenvalue weighted by atomic mass is 79.9. The number of benzene rings is 1. The average Bonchev–Trinajstić information content (AvgIpc) is 3.08. The first-order chi connectivity index (χ1) is 7.70. The summed E-state index contributed by atoms with van der Waals surface area (Å²) in [5.74, 6) is 0.583. The number of hydrogen-bond donors (Lipinski definition) is 2. The minimum atomic E-state index is -0.235. The Morgan fingerprint density at radius 2 is 2.25 bits per heavy atom. The summed E-state index contributed by atoms with van der Waals surface area (Å²) in [6, 6.07) is 5.18. The maximum Gasteiger partial charge on any atom is 0.137 e. The Kier molecular flexibility index (Phi) is 3.95. The fourth-order valence-corrected chi connectivity index (χ4v) is 2.09. The molecule has 3 N–H and O–H groups in total. The van der Waals surface area contributed by atoms with Gasteiger partial charge in [0.2, 0.25) is 0 Å². The first-order valence-corrected chi connectivity index (χ1v) is 6.38. The highest BCUT2D eigenvalue weighted by Crippen LogP contribution is 2.29. The lowest BCUT2D eigenvalue weighted by Crippen LogP contribution is -2.29. The second-order valence-electron chi connectivity index (χ2n) is 4.31. The van der Waals surface area contributed by atoms with Crippen molar-refractivity contribution in [3.8, 4) is 0 Å². The third-order valence-corrected chi connectivity index (χ3v) is 3.54. The van der Waals surface area contributed by atoms with E-state index in [-0.39, 0.29) is 11.9 Å². The molecule has 1 fully saturated rings. The van der Waals surface area contributed by atoms with Gasteiger partial charge >= 0.3 is 0 Å². The fourth-order valence-electron chi connectivity index (χ4n) is 1.70. The molecule has 0 amide bonds. The van der Waals surface area contributed by atoms with Crippen LogP contribution in [0.2, 0.25) is 0 Å². The van der Waals surface area contributed by atoms with Crippen molar-refractivity contribution in [2.75, 3.05) is 13.1 Å². The van der Waals surface area contributed by atoms with Gasteiger partial charge in [-0.2, -0.15) is 0 Å². The molecule has 0 bridgehead atoms. The van der Waals surface area contributed by atoms with Gasteiger partial charge in [0.15, 0.2) is 0 Å². The smallest absolute Gasteiger partial charge is 0.137 e. The van der Waals surface area contributed by atoms with Crippen molar-refractivity contribution in [3.05, 3.63) is 34.1 Å². The third kappa shape index (κ3) is 3.03. The lowest BCUT2D eigenvalue weighted by atomic mass is 10.1. The van der Waals surface area contributed by atoms with Crippen LogP contribution in [0.5, 0.6) is 0 Å². The molecule has 2 rings (SSSR count). The lowest BCUT2D eigenvalue weighted by Gasteiger charge is -2.17. The summed E-state index contributed by atoms with van der Waals surface area (Å²) >= 11 is 3.19. The van der Waals surface area contributed by atoms with E-state index in [0.29, 0.717) is 11.0 Å². The quantitative estimate of drug-likeness (QED) is 0.873. The van der Waals surface area contributed by atoms with Crippen LogP contribution in [0.15, 0.2) is 22.7 Å². The van der Waals surface area contributed by atoms with E-state index in [9.17, 15) is 4.39 Å². The van der Waals surface area contributed by atoms with Crippen molar-refractivity contribution in [2.45, 2.75) is 18.9 Å². The molecule has 0 aromatic heterocycles. The number of rotatable bonds is 5. The van der Waals surface area contributed by atoms with Gasteiger partial charge in [-0.15, -0.1) is 0 Å². The van der Waals surface area contributed by atoms with Gasteiger partial charge < -0.3 is 11.1 Å². The van der Waals surface area contributed by atoms with Crippen molar-refractivity contribution in [3.63, 3.8) is 0 Å². The summed E-state index contributed by atoms with van der Waals surface area (Å²) in [7, 11) is 0. The Morgan fingerprint density at radius 3 is 2.81 bits per heavy atom. The van der Waals surface area contributed by atoms with Crippen molar-refractivity contribution in [1.82, 2.24) is 5.32 Å². The SMILES string of the molecule is NCC(NCC1CC1)c1ccc(F)c(Br)c1. The van der Waals surface area contributed by atoms with Crippen LogP contribution in [-0.4, -0.2) is 13.1 Å². The normalized spacial score (nSPS) is 17.4. The molecular formula is C12H16BrFN2. The van der Waals surface area contributed by atoms with Gasteiger partial charge in [-0.25, -0.2) is 4.39 Å². The summed E-state index contributed by atoms with van der Waals surface area (Å²) in [5, 5.41) is 3.43. The zero-order chi connectivity index (χ0) is 11.5. The molecule has 0 aliphatic heterocycles. The molecule has 0 heterocycles. The van der Waals surface area contributed by atoms with Gasteiger partial charge in [0.25, 0.3) is 0 Å². The van der Waals surface area contributed by atoms with Crippen LogP contribution in [0.3, 0.4) is 0 Å². The van der Waals surface area contributed by atoms with Gasteiger partial charge in [-0.05, 0) is 58.9 Å². The van der Waals surface area contributed by atoms with E-state index in [2.05, 4.69) is 21.2 Å². The van der Waals surface area contributed by atoms with Crippen LogP contribution in [-0.2, 0) is 0 Å². The molecular weight excluding hydrogens is 271 g/mol. The molecule has 0 saturated heterocycles. The summed E-state index contributed by atoms with van der Waals surface area (Å²) in [4.78, 5) is 0. The molecule has 2 nitrogen and oxygen atoms in total. The Bertz CT molecular complexity index is 366. The van der Waals surface area contributed by atoms with Crippen LogP contribution in [0, 0.1) is 11.7 Å². The molecule has 0 spiro atoms. The van der Waals surface area contributed by atoms with Gasteiger partial charge in [-0.3, -0.25) is 0 Å². The van der Waals surface area contributed by atoms with Gasteiger partial charge in [0.05, 0.1) is 4.47 Å². The van der Waals surface area contributed by atoms with E-state index in [1.54, 1.807) is 12.1 Å². The van der Waals surface area contributed by atoms with Gasteiger partial charge in [0.1, 0.15) is 5.82 Å². The first-order valence-electron chi connectivity index (χ1n) is 5.59. The summed E-state index contributed by atoms with van der Waals surface area (Å²) in [6.07, 6.45) is 2.63. The van der Waals surface area contributed by atoms with Crippen LogP contribution in [0.1, 0.15) is 24.4 Å². The number of hydrogen-bond acceptors (Lipinski definition) is 2. The highest BCUT2D eigenvalue weighted by Gasteiger charge is 2.22. The van der Waals surface area contributed by atoms with E-state index < -0.39 is 0 Å². The maximum absolute atomic E-state index is 13.1.